The number of rotatable bonds is 6. The molecule has 0 bridgehead atoms. The Labute approximate surface area is 115 Å². The molecule has 18 heavy (non-hydrogen) atoms. The van der Waals surface area contributed by atoms with Crippen molar-refractivity contribution in [3.05, 3.63) is 0 Å². The molecule has 0 atom stereocenters. The fraction of sp³-hybridized carbons (Fsp3) is 0.846. The van der Waals surface area contributed by atoms with Crippen LogP contribution in [0.5, 0.6) is 0 Å². The Hall–Kier alpha value is -0.680. The molecule has 1 aliphatic carbocycles. The van der Waals surface area contributed by atoms with Gasteiger partial charge in [-0.1, -0.05) is 31.5 Å². The average Bonchev–Trinajstić information content (AvgIpc) is 2.28. The van der Waals surface area contributed by atoms with Gasteiger partial charge in [0.1, 0.15) is 0 Å². The van der Waals surface area contributed by atoms with E-state index in [1.807, 2.05) is 18.7 Å². The summed E-state index contributed by atoms with van der Waals surface area (Å²) >= 11 is 4.91. The number of nitrogens with two attached hydrogens (primary N) is 1. The van der Waals surface area contributed by atoms with E-state index in [0.717, 1.165) is 12.8 Å². The number of thiocarbonyl (C=S) groups is 1. The van der Waals surface area contributed by atoms with Crippen LogP contribution in [0.15, 0.2) is 0 Å². The Bertz CT molecular complexity index is 288. The van der Waals surface area contributed by atoms with Crippen molar-refractivity contribution in [2.75, 3.05) is 13.1 Å². The average molecular weight is 271 g/mol. The predicted octanol–water partition coefficient (Wildman–Crippen LogP) is 1.43. The number of hydrogen-bond acceptors (Lipinski definition) is 3. The van der Waals surface area contributed by atoms with Crippen molar-refractivity contribution in [3.63, 3.8) is 0 Å². The van der Waals surface area contributed by atoms with E-state index in [4.69, 9.17) is 18.0 Å². The molecule has 5 heteroatoms. The van der Waals surface area contributed by atoms with E-state index in [1.165, 1.54) is 19.3 Å². The zero-order valence-corrected chi connectivity index (χ0v) is 12.3. The molecule has 1 aliphatic rings. The highest BCUT2D eigenvalue weighted by Crippen LogP contribution is 2.17. The summed E-state index contributed by atoms with van der Waals surface area (Å²) in [5, 5.41) is 3.11. The Morgan fingerprint density at radius 3 is 2.44 bits per heavy atom. The molecule has 3 N–H and O–H groups in total. The summed E-state index contributed by atoms with van der Waals surface area (Å²) in [7, 11) is 0. The van der Waals surface area contributed by atoms with E-state index in [2.05, 4.69) is 5.32 Å². The third-order valence-corrected chi connectivity index (χ3v) is 3.54. The van der Waals surface area contributed by atoms with Gasteiger partial charge in [0.25, 0.3) is 0 Å². The van der Waals surface area contributed by atoms with Gasteiger partial charge in [-0.3, -0.25) is 9.69 Å². The van der Waals surface area contributed by atoms with Crippen molar-refractivity contribution in [1.82, 2.24) is 10.2 Å². The van der Waals surface area contributed by atoms with Gasteiger partial charge in [-0.05, 0) is 26.7 Å². The molecule has 1 fully saturated rings. The second kappa shape index (κ2) is 7.69. The summed E-state index contributed by atoms with van der Waals surface area (Å²) in [6, 6.07) is 0.633. The van der Waals surface area contributed by atoms with E-state index >= 15 is 0 Å². The van der Waals surface area contributed by atoms with Crippen LogP contribution in [0.2, 0.25) is 0 Å². The van der Waals surface area contributed by atoms with Gasteiger partial charge in [0.15, 0.2) is 0 Å². The lowest BCUT2D eigenvalue weighted by molar-refractivity contribution is -0.123. The van der Waals surface area contributed by atoms with E-state index in [-0.39, 0.29) is 11.9 Å². The molecule has 0 aromatic heterocycles. The Morgan fingerprint density at radius 2 is 1.94 bits per heavy atom. The number of carbonyl (C=O) groups is 1. The van der Waals surface area contributed by atoms with Crippen molar-refractivity contribution in [2.24, 2.45) is 5.73 Å². The van der Waals surface area contributed by atoms with Gasteiger partial charge in [0.05, 0.1) is 11.5 Å². The molecule has 1 rings (SSSR count). The standard InChI is InChI=1S/C13H25N3OS/c1-10(2)16(8-12(14)18)9-13(17)15-11-6-4-3-5-7-11/h10-11H,3-9H2,1-2H3,(H2,14,18)(H,15,17). The molecule has 0 heterocycles. The van der Waals surface area contributed by atoms with Gasteiger partial charge in [0.2, 0.25) is 5.91 Å². The summed E-state index contributed by atoms with van der Waals surface area (Å²) in [6.07, 6.45) is 5.98. The molecule has 0 aromatic carbocycles. The Morgan fingerprint density at radius 1 is 1.33 bits per heavy atom. The first kappa shape index (κ1) is 15.4. The van der Waals surface area contributed by atoms with E-state index in [1.54, 1.807) is 0 Å². The minimum Gasteiger partial charge on any atom is -0.392 e. The molecule has 0 saturated heterocycles. The van der Waals surface area contributed by atoms with Crippen LogP contribution in [0.4, 0.5) is 0 Å². The van der Waals surface area contributed by atoms with Gasteiger partial charge in [-0.15, -0.1) is 0 Å². The maximum atomic E-state index is 12.0. The summed E-state index contributed by atoms with van der Waals surface area (Å²) < 4.78 is 0. The highest BCUT2D eigenvalue weighted by atomic mass is 32.1. The van der Waals surface area contributed by atoms with Gasteiger partial charge in [-0.2, -0.15) is 0 Å². The van der Waals surface area contributed by atoms with Crippen LogP contribution in [-0.4, -0.2) is 41.0 Å². The highest BCUT2D eigenvalue weighted by molar-refractivity contribution is 7.80. The quantitative estimate of drug-likeness (QED) is 0.718. The molecule has 0 unspecified atom stereocenters. The number of nitrogens with zero attached hydrogens (tertiary/aromatic N) is 1. The maximum Gasteiger partial charge on any atom is 0.234 e. The molecule has 1 saturated carbocycles. The lowest BCUT2D eigenvalue weighted by atomic mass is 9.95. The molecule has 1 amide bonds. The second-order valence-corrected chi connectivity index (χ2v) is 5.89. The Kier molecular flexibility index (Phi) is 6.57. The van der Waals surface area contributed by atoms with Crippen LogP contribution in [0.1, 0.15) is 46.0 Å². The zero-order valence-electron chi connectivity index (χ0n) is 11.4. The van der Waals surface area contributed by atoms with Crippen molar-refractivity contribution in [2.45, 2.75) is 58.0 Å². The van der Waals surface area contributed by atoms with Crippen molar-refractivity contribution in [1.29, 1.82) is 0 Å². The van der Waals surface area contributed by atoms with Crippen molar-refractivity contribution >= 4 is 23.1 Å². The predicted molar refractivity (Wildman–Crippen MR) is 78.5 cm³/mol. The summed E-state index contributed by atoms with van der Waals surface area (Å²) in [6.45, 7) is 4.98. The van der Waals surface area contributed by atoms with Gasteiger partial charge in [0, 0.05) is 18.6 Å². The SMILES string of the molecule is CC(C)N(CC(=O)NC1CCCCC1)CC(N)=S. The fourth-order valence-corrected chi connectivity index (χ4v) is 2.49. The van der Waals surface area contributed by atoms with E-state index in [9.17, 15) is 4.79 Å². The second-order valence-electron chi connectivity index (χ2n) is 5.37. The smallest absolute Gasteiger partial charge is 0.234 e. The van der Waals surface area contributed by atoms with Crippen molar-refractivity contribution in [3.8, 4) is 0 Å². The molecule has 0 radical (unpaired) electrons. The first-order valence-electron chi connectivity index (χ1n) is 6.80. The van der Waals surface area contributed by atoms with Crippen LogP contribution < -0.4 is 11.1 Å². The van der Waals surface area contributed by atoms with Crippen LogP contribution in [0.25, 0.3) is 0 Å². The molecule has 0 spiro atoms. The summed E-state index contributed by atoms with van der Waals surface area (Å²) in [5.41, 5.74) is 5.55. The highest BCUT2D eigenvalue weighted by Gasteiger charge is 2.19. The minimum absolute atomic E-state index is 0.0897. The monoisotopic (exact) mass is 271 g/mol. The summed E-state index contributed by atoms with van der Waals surface area (Å²) in [4.78, 5) is 14.4. The number of amides is 1. The van der Waals surface area contributed by atoms with Gasteiger partial charge in [-0.25, -0.2) is 0 Å². The van der Waals surface area contributed by atoms with Crippen LogP contribution in [0, 0.1) is 0 Å². The molecule has 104 valence electrons. The van der Waals surface area contributed by atoms with Gasteiger partial charge < -0.3 is 11.1 Å². The lowest BCUT2D eigenvalue weighted by Gasteiger charge is -2.27. The zero-order chi connectivity index (χ0) is 13.5. The first-order valence-corrected chi connectivity index (χ1v) is 7.21. The molecular weight excluding hydrogens is 246 g/mol. The maximum absolute atomic E-state index is 12.0. The lowest BCUT2D eigenvalue weighted by Crippen LogP contribution is -2.47. The van der Waals surface area contributed by atoms with Crippen LogP contribution in [-0.2, 0) is 4.79 Å². The largest absolute Gasteiger partial charge is 0.392 e. The Balaban J connectivity index is 2.37. The first-order chi connectivity index (χ1) is 8.49. The van der Waals surface area contributed by atoms with Gasteiger partial charge >= 0.3 is 0 Å². The third kappa shape index (κ3) is 5.78. The molecular formula is C13H25N3OS. The molecule has 4 nitrogen and oxygen atoms in total. The minimum atomic E-state index is 0.0897. The topological polar surface area (TPSA) is 58.4 Å². The number of hydrogen-bond donors (Lipinski definition) is 2. The number of carbonyl (C=O) groups excluding carboxylic acids is 1. The van der Waals surface area contributed by atoms with Crippen LogP contribution >= 0.6 is 12.2 Å². The molecule has 0 aromatic rings. The number of nitrogens with one attached hydrogen (secondary N) is 1. The van der Waals surface area contributed by atoms with Crippen LogP contribution in [0.3, 0.4) is 0 Å². The third-order valence-electron chi connectivity index (χ3n) is 3.41. The van der Waals surface area contributed by atoms with E-state index in [0.29, 0.717) is 24.1 Å². The van der Waals surface area contributed by atoms with Crippen molar-refractivity contribution < 1.29 is 4.79 Å². The fourth-order valence-electron chi connectivity index (χ4n) is 2.33. The van der Waals surface area contributed by atoms with E-state index < -0.39 is 0 Å². The summed E-state index contributed by atoms with van der Waals surface area (Å²) in [5.74, 6) is 0.0897. The normalized spacial score (nSPS) is 17.1. The molecule has 0 aliphatic heterocycles.